The fourth-order valence-corrected chi connectivity index (χ4v) is 4.18. The minimum Gasteiger partial charge on any atom is -0.379 e. The molecule has 0 saturated carbocycles. The van der Waals surface area contributed by atoms with Crippen LogP contribution in [-0.4, -0.2) is 26.4 Å². The van der Waals surface area contributed by atoms with Gasteiger partial charge in [-0.05, 0) is 77.0 Å². The smallest absolute Gasteiger partial charge is 0.339 e. The number of benzene rings is 4. The average Bonchev–Trinajstić information content (AvgIpc) is 2.84. The Hall–Kier alpha value is -4.50. The molecule has 0 bridgehead atoms. The number of nitrogens with zero attached hydrogens (tertiary/aromatic N) is 1. The summed E-state index contributed by atoms with van der Waals surface area (Å²) in [5, 5.41) is 8.53. The van der Waals surface area contributed by atoms with Crippen molar-refractivity contribution < 1.29 is 22.2 Å². The summed E-state index contributed by atoms with van der Waals surface area (Å²) in [5.74, 6) is -0.482. The Morgan fingerprint density at radius 3 is 2.23 bits per heavy atom. The number of rotatable bonds is 7. The zero-order chi connectivity index (χ0) is 24.8. The zero-order valence-electron chi connectivity index (χ0n) is 18.6. The van der Waals surface area contributed by atoms with Gasteiger partial charge in [-0.1, -0.05) is 30.3 Å². The van der Waals surface area contributed by atoms with E-state index in [9.17, 15) is 18.0 Å². The van der Waals surface area contributed by atoms with Gasteiger partial charge in [0.25, 0.3) is 5.91 Å². The van der Waals surface area contributed by atoms with Gasteiger partial charge in [0.1, 0.15) is 10.6 Å². The fourth-order valence-electron chi connectivity index (χ4n) is 3.25. The summed E-state index contributed by atoms with van der Waals surface area (Å²) in [7, 11) is -4.05. The topological polar surface area (TPSA) is 114 Å². The normalized spacial score (nSPS) is 11.3. The molecule has 0 aromatic heterocycles. The summed E-state index contributed by atoms with van der Waals surface area (Å²) in [5.41, 5.74) is 4.08. The molecule has 0 heterocycles. The first-order valence-electron chi connectivity index (χ1n) is 10.5. The molecule has 0 aliphatic carbocycles. The number of nitrogens with one attached hydrogen (secondary N) is 2. The van der Waals surface area contributed by atoms with Gasteiger partial charge in [-0.25, -0.2) is 5.43 Å². The molecule has 4 rings (SSSR count). The lowest BCUT2D eigenvalue weighted by Crippen LogP contribution is -2.17. The van der Waals surface area contributed by atoms with E-state index in [1.165, 1.54) is 49.5 Å². The van der Waals surface area contributed by atoms with Crippen LogP contribution in [-0.2, 0) is 14.9 Å². The second kappa shape index (κ2) is 10.2. The van der Waals surface area contributed by atoms with Crippen molar-refractivity contribution >= 4 is 44.6 Å². The number of carbonyl (C=O) groups excluding carboxylic acids is 2. The number of amides is 2. The van der Waals surface area contributed by atoms with E-state index in [1.807, 2.05) is 30.3 Å². The third-order valence-corrected chi connectivity index (χ3v) is 6.20. The molecule has 0 spiro atoms. The van der Waals surface area contributed by atoms with Crippen LogP contribution in [0.4, 0.5) is 5.69 Å². The lowest BCUT2D eigenvalue weighted by atomic mass is 10.1. The van der Waals surface area contributed by atoms with E-state index in [1.54, 1.807) is 24.3 Å². The van der Waals surface area contributed by atoms with E-state index < -0.39 is 10.1 Å². The molecule has 8 nitrogen and oxygen atoms in total. The van der Waals surface area contributed by atoms with Crippen LogP contribution in [0.1, 0.15) is 22.8 Å². The maximum atomic E-state index is 12.5. The molecule has 0 aliphatic heterocycles. The summed E-state index contributed by atoms with van der Waals surface area (Å²) in [6.07, 6.45) is 1.44. The van der Waals surface area contributed by atoms with Gasteiger partial charge in [-0.3, -0.25) is 9.59 Å². The Morgan fingerprint density at radius 1 is 0.857 bits per heavy atom. The molecule has 0 atom stereocenters. The van der Waals surface area contributed by atoms with Gasteiger partial charge in [-0.15, -0.1) is 0 Å². The van der Waals surface area contributed by atoms with E-state index in [0.29, 0.717) is 16.8 Å². The molecule has 2 N–H and O–H groups in total. The number of hydrogen-bond donors (Lipinski definition) is 2. The highest BCUT2D eigenvalue weighted by atomic mass is 32.2. The molecule has 0 aliphatic rings. The molecule has 4 aromatic rings. The third-order valence-electron chi connectivity index (χ3n) is 4.94. The van der Waals surface area contributed by atoms with Crippen molar-refractivity contribution in [2.45, 2.75) is 11.8 Å². The Bertz CT molecular complexity index is 1510. The molecule has 0 saturated heterocycles. The summed E-state index contributed by atoms with van der Waals surface area (Å²) in [6, 6.07) is 25.0. The predicted molar refractivity (Wildman–Crippen MR) is 134 cm³/mol. The first kappa shape index (κ1) is 23.7. The van der Waals surface area contributed by atoms with Crippen LogP contribution in [0, 0.1) is 0 Å². The van der Waals surface area contributed by atoms with Crippen LogP contribution in [0.15, 0.2) is 101 Å². The molecular formula is C26H21N3O5S. The highest BCUT2D eigenvalue weighted by molar-refractivity contribution is 7.87. The molecule has 0 unspecified atom stereocenters. The molecular weight excluding hydrogens is 466 g/mol. The second-order valence-electron chi connectivity index (χ2n) is 7.57. The van der Waals surface area contributed by atoms with Crippen molar-refractivity contribution in [1.29, 1.82) is 0 Å². The number of hydrogen-bond acceptors (Lipinski definition) is 6. The molecule has 9 heteroatoms. The van der Waals surface area contributed by atoms with E-state index in [4.69, 9.17) is 4.18 Å². The monoisotopic (exact) mass is 487 g/mol. The van der Waals surface area contributed by atoms with Crippen LogP contribution < -0.4 is 14.9 Å². The number of hydrazone groups is 1. The predicted octanol–water partition coefficient (Wildman–Crippen LogP) is 4.33. The van der Waals surface area contributed by atoms with Crippen LogP contribution in [0.2, 0.25) is 0 Å². The molecule has 2 amide bonds. The van der Waals surface area contributed by atoms with Crippen molar-refractivity contribution in [2.75, 3.05) is 5.32 Å². The van der Waals surface area contributed by atoms with Gasteiger partial charge < -0.3 is 9.50 Å². The van der Waals surface area contributed by atoms with Gasteiger partial charge in [0.15, 0.2) is 0 Å². The van der Waals surface area contributed by atoms with Gasteiger partial charge in [0.05, 0.1) is 6.21 Å². The standard InChI is InChI=1S/C26H21N3O5S/c1-18(30)28-23-10-14-25(15-11-23)35(32,33)34-24-12-6-19(7-13-24)17-27-29-26(31)22-9-8-20-4-2-3-5-21(20)16-22/h2-17H,1H3,(H,28,30)(H,29,31)/b27-17-. The Morgan fingerprint density at radius 2 is 1.54 bits per heavy atom. The van der Waals surface area contributed by atoms with Gasteiger partial charge in [0.2, 0.25) is 5.91 Å². The quantitative estimate of drug-likeness (QED) is 0.229. The molecule has 0 fully saturated rings. The molecule has 176 valence electrons. The Labute approximate surface area is 202 Å². The first-order valence-corrected chi connectivity index (χ1v) is 12.0. The van der Waals surface area contributed by atoms with E-state index >= 15 is 0 Å². The fraction of sp³-hybridized carbons (Fsp3) is 0.0385. The minimum atomic E-state index is -4.05. The van der Waals surface area contributed by atoms with Crippen molar-refractivity contribution in [2.24, 2.45) is 5.10 Å². The van der Waals surface area contributed by atoms with Crippen molar-refractivity contribution in [1.82, 2.24) is 5.43 Å². The van der Waals surface area contributed by atoms with Crippen molar-refractivity contribution in [3.63, 3.8) is 0 Å². The van der Waals surface area contributed by atoms with E-state index in [0.717, 1.165) is 10.8 Å². The van der Waals surface area contributed by atoms with Crippen LogP contribution >= 0.6 is 0 Å². The number of fused-ring (bicyclic) bond motifs is 1. The van der Waals surface area contributed by atoms with Crippen molar-refractivity contribution in [3.8, 4) is 5.75 Å². The number of anilines is 1. The summed E-state index contributed by atoms with van der Waals surface area (Å²) in [4.78, 5) is 23.4. The molecule has 4 aromatic carbocycles. The SMILES string of the molecule is CC(=O)Nc1ccc(S(=O)(=O)Oc2ccc(/C=N\NC(=O)c3ccc4ccccc4c3)cc2)cc1. The van der Waals surface area contributed by atoms with Crippen LogP contribution in [0.5, 0.6) is 5.75 Å². The van der Waals surface area contributed by atoms with E-state index in [-0.39, 0.29) is 22.5 Å². The molecule has 35 heavy (non-hydrogen) atoms. The lowest BCUT2D eigenvalue weighted by molar-refractivity contribution is -0.114. The minimum absolute atomic E-state index is 0.0476. The summed E-state index contributed by atoms with van der Waals surface area (Å²) >= 11 is 0. The van der Waals surface area contributed by atoms with Crippen LogP contribution in [0.25, 0.3) is 10.8 Å². The zero-order valence-corrected chi connectivity index (χ0v) is 19.5. The van der Waals surface area contributed by atoms with Crippen LogP contribution in [0.3, 0.4) is 0 Å². The average molecular weight is 488 g/mol. The largest absolute Gasteiger partial charge is 0.379 e. The Kier molecular flexibility index (Phi) is 6.88. The second-order valence-corrected chi connectivity index (χ2v) is 9.12. The lowest BCUT2D eigenvalue weighted by Gasteiger charge is -2.08. The van der Waals surface area contributed by atoms with Gasteiger partial charge in [0, 0.05) is 18.2 Å². The maximum Gasteiger partial charge on any atom is 0.339 e. The number of carbonyl (C=O) groups is 2. The van der Waals surface area contributed by atoms with Gasteiger partial charge in [-0.2, -0.15) is 13.5 Å². The van der Waals surface area contributed by atoms with Gasteiger partial charge >= 0.3 is 10.1 Å². The molecule has 0 radical (unpaired) electrons. The highest BCUT2D eigenvalue weighted by Gasteiger charge is 2.16. The maximum absolute atomic E-state index is 12.5. The highest BCUT2D eigenvalue weighted by Crippen LogP contribution is 2.21. The first-order chi connectivity index (χ1) is 16.8. The van der Waals surface area contributed by atoms with E-state index in [2.05, 4.69) is 15.8 Å². The Balaban J connectivity index is 1.36. The van der Waals surface area contributed by atoms with Crippen molar-refractivity contribution in [3.05, 3.63) is 102 Å². The third kappa shape index (κ3) is 6.10. The summed E-state index contributed by atoms with van der Waals surface area (Å²) < 4.78 is 30.2. The summed E-state index contributed by atoms with van der Waals surface area (Å²) in [6.45, 7) is 1.36.